The van der Waals surface area contributed by atoms with Crippen LogP contribution in [0.2, 0.25) is 0 Å². The van der Waals surface area contributed by atoms with Gasteiger partial charge in [-0.05, 0) is 61.7 Å². The molecule has 140 valence electrons. The summed E-state index contributed by atoms with van der Waals surface area (Å²) in [7, 11) is 0. The van der Waals surface area contributed by atoms with E-state index in [0.717, 1.165) is 46.2 Å². The number of hydrogen-bond acceptors (Lipinski definition) is 6. The summed E-state index contributed by atoms with van der Waals surface area (Å²) in [4.78, 5) is 7.06. The highest BCUT2D eigenvalue weighted by molar-refractivity contribution is 7.98. The fourth-order valence-corrected chi connectivity index (χ4v) is 4.30. The SMILES string of the molecule is CSc1ccc(N=c2scc(-c3ccc4c(c3)OCO4)n2CCCN)cc1. The zero-order chi connectivity index (χ0) is 18.6. The van der Waals surface area contributed by atoms with Gasteiger partial charge in [-0.25, -0.2) is 4.99 Å². The summed E-state index contributed by atoms with van der Waals surface area (Å²) in [6.07, 6.45) is 2.97. The van der Waals surface area contributed by atoms with Crippen LogP contribution < -0.4 is 20.0 Å². The fraction of sp³-hybridized carbons (Fsp3) is 0.250. The van der Waals surface area contributed by atoms with Crippen molar-refractivity contribution in [3.8, 4) is 22.8 Å². The number of nitrogens with zero attached hydrogens (tertiary/aromatic N) is 2. The normalized spacial score (nSPS) is 13.3. The van der Waals surface area contributed by atoms with Gasteiger partial charge in [0.1, 0.15) is 0 Å². The molecular formula is C20H21N3O2S2. The van der Waals surface area contributed by atoms with Gasteiger partial charge in [0.2, 0.25) is 6.79 Å². The molecule has 2 aromatic carbocycles. The molecular weight excluding hydrogens is 378 g/mol. The van der Waals surface area contributed by atoms with Crippen molar-refractivity contribution in [2.45, 2.75) is 17.9 Å². The smallest absolute Gasteiger partial charge is 0.231 e. The van der Waals surface area contributed by atoms with Crippen molar-refractivity contribution in [2.75, 3.05) is 19.6 Å². The van der Waals surface area contributed by atoms with Crippen LogP contribution in [0.3, 0.4) is 0 Å². The summed E-state index contributed by atoms with van der Waals surface area (Å²) in [6, 6.07) is 14.4. The molecule has 5 nitrogen and oxygen atoms in total. The van der Waals surface area contributed by atoms with Crippen LogP contribution in [0.25, 0.3) is 11.3 Å². The van der Waals surface area contributed by atoms with Crippen molar-refractivity contribution in [2.24, 2.45) is 10.7 Å². The maximum absolute atomic E-state index is 5.76. The first-order valence-electron chi connectivity index (χ1n) is 8.75. The van der Waals surface area contributed by atoms with E-state index in [9.17, 15) is 0 Å². The summed E-state index contributed by atoms with van der Waals surface area (Å²) in [5, 5.41) is 2.14. The molecule has 0 radical (unpaired) electrons. The topological polar surface area (TPSA) is 61.8 Å². The van der Waals surface area contributed by atoms with Crippen molar-refractivity contribution in [1.29, 1.82) is 0 Å². The Morgan fingerprint density at radius 2 is 1.96 bits per heavy atom. The molecule has 0 atom stereocenters. The van der Waals surface area contributed by atoms with Crippen LogP contribution in [-0.2, 0) is 6.54 Å². The van der Waals surface area contributed by atoms with E-state index in [0.29, 0.717) is 6.54 Å². The van der Waals surface area contributed by atoms with Crippen LogP contribution in [0.1, 0.15) is 6.42 Å². The van der Waals surface area contributed by atoms with E-state index in [1.807, 2.05) is 12.1 Å². The zero-order valence-electron chi connectivity index (χ0n) is 15.1. The number of aromatic nitrogens is 1. The van der Waals surface area contributed by atoms with E-state index < -0.39 is 0 Å². The molecule has 4 rings (SSSR count). The number of benzene rings is 2. The first kappa shape index (κ1) is 18.2. The number of rotatable bonds is 6. The molecule has 0 aliphatic carbocycles. The Bertz CT molecular complexity index is 993. The number of fused-ring (bicyclic) bond motifs is 1. The molecule has 27 heavy (non-hydrogen) atoms. The summed E-state index contributed by atoms with van der Waals surface area (Å²) in [5.74, 6) is 1.58. The molecule has 1 aliphatic rings. The predicted molar refractivity (Wildman–Crippen MR) is 111 cm³/mol. The monoisotopic (exact) mass is 399 g/mol. The Labute approximate surface area is 166 Å². The van der Waals surface area contributed by atoms with Gasteiger partial charge in [-0.15, -0.1) is 23.1 Å². The third-order valence-electron chi connectivity index (χ3n) is 4.35. The Hall–Kier alpha value is -2.22. The molecule has 1 aromatic heterocycles. The van der Waals surface area contributed by atoms with E-state index in [4.69, 9.17) is 20.2 Å². The van der Waals surface area contributed by atoms with Crippen LogP contribution in [-0.4, -0.2) is 24.2 Å². The molecule has 0 unspecified atom stereocenters. The highest BCUT2D eigenvalue weighted by atomic mass is 32.2. The number of nitrogens with two attached hydrogens (primary N) is 1. The van der Waals surface area contributed by atoms with Crippen molar-refractivity contribution in [1.82, 2.24) is 4.57 Å². The van der Waals surface area contributed by atoms with Gasteiger partial charge < -0.3 is 19.8 Å². The van der Waals surface area contributed by atoms with E-state index in [1.165, 1.54) is 4.90 Å². The molecule has 3 aromatic rings. The third-order valence-corrected chi connectivity index (χ3v) is 5.96. The molecule has 0 saturated heterocycles. The third kappa shape index (κ3) is 3.90. The summed E-state index contributed by atoms with van der Waals surface area (Å²) in [5.41, 5.74) is 8.92. The summed E-state index contributed by atoms with van der Waals surface area (Å²) in [6.45, 7) is 1.75. The maximum atomic E-state index is 5.76. The Morgan fingerprint density at radius 1 is 1.15 bits per heavy atom. The van der Waals surface area contributed by atoms with Crippen molar-refractivity contribution >= 4 is 28.8 Å². The number of thiazole rings is 1. The van der Waals surface area contributed by atoms with Gasteiger partial charge >= 0.3 is 0 Å². The number of thioether (sulfide) groups is 1. The van der Waals surface area contributed by atoms with Crippen LogP contribution in [0, 0.1) is 0 Å². The molecule has 2 N–H and O–H groups in total. The largest absolute Gasteiger partial charge is 0.454 e. The molecule has 0 amide bonds. The highest BCUT2D eigenvalue weighted by Crippen LogP contribution is 2.36. The van der Waals surface area contributed by atoms with Gasteiger partial charge in [-0.3, -0.25) is 0 Å². The lowest BCUT2D eigenvalue weighted by Gasteiger charge is -2.09. The lowest BCUT2D eigenvalue weighted by atomic mass is 10.1. The van der Waals surface area contributed by atoms with E-state index in [2.05, 4.69) is 46.5 Å². The average molecular weight is 400 g/mol. The first-order chi connectivity index (χ1) is 13.3. The van der Waals surface area contributed by atoms with E-state index in [-0.39, 0.29) is 6.79 Å². The van der Waals surface area contributed by atoms with Crippen LogP contribution in [0.5, 0.6) is 11.5 Å². The maximum Gasteiger partial charge on any atom is 0.231 e. The molecule has 1 aliphatic heterocycles. The average Bonchev–Trinajstić information content (AvgIpc) is 3.33. The van der Waals surface area contributed by atoms with E-state index >= 15 is 0 Å². The molecule has 2 heterocycles. The molecule has 0 spiro atoms. The number of hydrogen-bond donors (Lipinski definition) is 1. The van der Waals surface area contributed by atoms with Gasteiger partial charge in [0.25, 0.3) is 0 Å². The minimum atomic E-state index is 0.280. The fourth-order valence-electron chi connectivity index (χ4n) is 2.94. The quantitative estimate of drug-likeness (QED) is 0.630. The lowest BCUT2D eigenvalue weighted by molar-refractivity contribution is 0.174. The van der Waals surface area contributed by atoms with E-state index in [1.54, 1.807) is 23.1 Å². The molecule has 0 saturated carbocycles. The lowest BCUT2D eigenvalue weighted by Crippen LogP contribution is -2.18. The zero-order valence-corrected chi connectivity index (χ0v) is 16.7. The predicted octanol–water partition coefficient (Wildman–Crippen LogP) is 4.25. The van der Waals surface area contributed by atoms with Gasteiger partial charge in [0.15, 0.2) is 16.3 Å². The Morgan fingerprint density at radius 3 is 2.74 bits per heavy atom. The van der Waals surface area contributed by atoms with Crippen LogP contribution in [0.15, 0.2) is 57.7 Å². The summed E-state index contributed by atoms with van der Waals surface area (Å²) < 4.78 is 13.2. The van der Waals surface area contributed by atoms with Gasteiger partial charge in [-0.1, -0.05) is 0 Å². The second-order valence-corrected chi connectivity index (χ2v) is 7.79. The second kappa shape index (κ2) is 8.21. The Balaban J connectivity index is 1.75. The molecule has 0 bridgehead atoms. The minimum absolute atomic E-state index is 0.280. The van der Waals surface area contributed by atoms with Crippen molar-refractivity contribution in [3.63, 3.8) is 0 Å². The van der Waals surface area contributed by atoms with Gasteiger partial charge in [0, 0.05) is 22.4 Å². The minimum Gasteiger partial charge on any atom is -0.454 e. The standard InChI is InChI=1S/C20H21N3O2S2/c1-26-16-6-4-15(5-7-16)22-20-23(10-2-9-21)17(12-27-20)14-3-8-18-19(11-14)25-13-24-18/h3-8,11-12H,2,9-10,13,21H2,1H3. The first-order valence-corrected chi connectivity index (χ1v) is 10.9. The highest BCUT2D eigenvalue weighted by Gasteiger charge is 2.16. The van der Waals surface area contributed by atoms with Crippen LogP contribution in [0.4, 0.5) is 5.69 Å². The van der Waals surface area contributed by atoms with Crippen molar-refractivity contribution in [3.05, 3.63) is 52.6 Å². The van der Waals surface area contributed by atoms with Crippen molar-refractivity contribution < 1.29 is 9.47 Å². The second-order valence-electron chi connectivity index (χ2n) is 6.08. The Kier molecular flexibility index (Phi) is 5.52. The summed E-state index contributed by atoms with van der Waals surface area (Å²) >= 11 is 3.37. The van der Waals surface area contributed by atoms with Gasteiger partial charge in [-0.2, -0.15) is 0 Å². The molecule has 0 fully saturated rings. The molecule has 7 heteroatoms. The number of ether oxygens (including phenoxy) is 2. The van der Waals surface area contributed by atoms with Crippen LogP contribution >= 0.6 is 23.1 Å². The van der Waals surface area contributed by atoms with Gasteiger partial charge in [0.05, 0.1) is 11.4 Å².